The predicted molar refractivity (Wildman–Crippen MR) is 72.9 cm³/mol. The van der Waals surface area contributed by atoms with Crippen LogP contribution in [0.15, 0.2) is 24.5 Å². The highest BCUT2D eigenvalue weighted by Crippen LogP contribution is 2.17. The number of thioether (sulfide) groups is 1. The number of hydrogen-bond acceptors (Lipinski definition) is 3. The third-order valence-electron chi connectivity index (χ3n) is 2.36. The molecule has 0 aliphatic rings. The Morgan fingerprint density at radius 2 is 2.25 bits per heavy atom. The lowest BCUT2D eigenvalue weighted by molar-refractivity contribution is 0.576. The summed E-state index contributed by atoms with van der Waals surface area (Å²) >= 11 is 2.02. The Hall–Kier alpha value is -0.540. The monoisotopic (exact) mass is 238 g/mol. The molecule has 1 atom stereocenters. The first-order valence-corrected chi connectivity index (χ1v) is 7.25. The van der Waals surface area contributed by atoms with Gasteiger partial charge >= 0.3 is 0 Å². The standard InChI is InChI=1S/C13H22N2S/c1-3-7-15-13(11-16-9-4-2)12-6-5-8-14-10-12/h5-6,8,10,13,15H,3-4,7,9,11H2,1-2H3. The van der Waals surface area contributed by atoms with E-state index in [4.69, 9.17) is 0 Å². The SMILES string of the molecule is CCCNC(CSCCC)c1cccnc1. The number of hydrogen-bond donors (Lipinski definition) is 1. The van der Waals surface area contributed by atoms with Gasteiger partial charge in [-0.2, -0.15) is 11.8 Å². The lowest BCUT2D eigenvalue weighted by Crippen LogP contribution is -2.24. The minimum Gasteiger partial charge on any atom is -0.309 e. The summed E-state index contributed by atoms with van der Waals surface area (Å²) in [6.07, 6.45) is 6.23. The fourth-order valence-electron chi connectivity index (χ4n) is 1.52. The summed E-state index contributed by atoms with van der Waals surface area (Å²) in [5.41, 5.74) is 1.31. The lowest BCUT2D eigenvalue weighted by atomic mass is 10.1. The Morgan fingerprint density at radius 3 is 2.88 bits per heavy atom. The van der Waals surface area contributed by atoms with E-state index in [1.807, 2.05) is 30.2 Å². The molecule has 3 heteroatoms. The molecule has 0 aliphatic carbocycles. The number of nitrogens with one attached hydrogen (secondary N) is 1. The van der Waals surface area contributed by atoms with Gasteiger partial charge in [-0.15, -0.1) is 0 Å². The molecule has 1 aromatic heterocycles. The first kappa shape index (κ1) is 13.5. The average molecular weight is 238 g/mol. The Labute approximate surface area is 103 Å². The van der Waals surface area contributed by atoms with Crippen molar-refractivity contribution in [3.05, 3.63) is 30.1 Å². The van der Waals surface area contributed by atoms with Crippen molar-refractivity contribution in [2.24, 2.45) is 0 Å². The molecule has 1 unspecified atom stereocenters. The molecular weight excluding hydrogens is 216 g/mol. The van der Waals surface area contributed by atoms with Gasteiger partial charge in [0, 0.05) is 24.2 Å². The van der Waals surface area contributed by atoms with Gasteiger partial charge in [-0.05, 0) is 36.8 Å². The Kier molecular flexibility index (Phi) is 7.26. The largest absolute Gasteiger partial charge is 0.309 e. The summed E-state index contributed by atoms with van der Waals surface area (Å²) in [5, 5.41) is 3.58. The van der Waals surface area contributed by atoms with Crippen LogP contribution in [0.3, 0.4) is 0 Å². The second kappa shape index (κ2) is 8.59. The molecule has 0 saturated heterocycles. The molecule has 0 spiro atoms. The van der Waals surface area contributed by atoms with Gasteiger partial charge in [0.2, 0.25) is 0 Å². The fraction of sp³-hybridized carbons (Fsp3) is 0.615. The molecule has 0 aliphatic heterocycles. The first-order chi connectivity index (χ1) is 7.88. The van der Waals surface area contributed by atoms with Crippen molar-refractivity contribution >= 4 is 11.8 Å². The average Bonchev–Trinajstić information content (AvgIpc) is 2.35. The molecule has 0 radical (unpaired) electrons. The van der Waals surface area contributed by atoms with E-state index in [0.29, 0.717) is 6.04 Å². The van der Waals surface area contributed by atoms with Gasteiger partial charge in [0.15, 0.2) is 0 Å². The van der Waals surface area contributed by atoms with E-state index in [1.165, 1.54) is 24.2 Å². The minimum absolute atomic E-state index is 0.449. The van der Waals surface area contributed by atoms with Crippen LogP contribution in [0.1, 0.15) is 38.3 Å². The van der Waals surface area contributed by atoms with E-state index >= 15 is 0 Å². The first-order valence-electron chi connectivity index (χ1n) is 6.09. The van der Waals surface area contributed by atoms with E-state index in [-0.39, 0.29) is 0 Å². The lowest BCUT2D eigenvalue weighted by Gasteiger charge is -2.18. The zero-order valence-electron chi connectivity index (χ0n) is 10.3. The summed E-state index contributed by atoms with van der Waals surface area (Å²) in [6.45, 7) is 5.50. The van der Waals surface area contributed by atoms with Crippen molar-refractivity contribution in [3.63, 3.8) is 0 Å². The molecule has 16 heavy (non-hydrogen) atoms. The maximum absolute atomic E-state index is 4.19. The van der Waals surface area contributed by atoms with Gasteiger partial charge in [-0.25, -0.2) is 0 Å². The summed E-state index contributed by atoms with van der Waals surface area (Å²) in [6, 6.07) is 4.62. The maximum Gasteiger partial charge on any atom is 0.0427 e. The molecule has 1 N–H and O–H groups in total. The van der Waals surface area contributed by atoms with Crippen molar-refractivity contribution in [1.29, 1.82) is 0 Å². The van der Waals surface area contributed by atoms with Crippen LogP contribution in [-0.4, -0.2) is 23.0 Å². The quantitative estimate of drug-likeness (QED) is 0.704. The smallest absolute Gasteiger partial charge is 0.0427 e. The number of aromatic nitrogens is 1. The van der Waals surface area contributed by atoms with Crippen molar-refractivity contribution in [2.45, 2.75) is 32.7 Å². The van der Waals surface area contributed by atoms with Crippen LogP contribution in [-0.2, 0) is 0 Å². The van der Waals surface area contributed by atoms with E-state index in [0.717, 1.165) is 12.3 Å². The highest BCUT2D eigenvalue weighted by Gasteiger charge is 2.09. The topological polar surface area (TPSA) is 24.9 Å². The van der Waals surface area contributed by atoms with Gasteiger partial charge in [-0.1, -0.05) is 19.9 Å². The van der Waals surface area contributed by atoms with Crippen LogP contribution >= 0.6 is 11.8 Å². The molecule has 0 saturated carbocycles. The van der Waals surface area contributed by atoms with E-state index in [2.05, 4.69) is 30.2 Å². The molecular formula is C13H22N2S. The summed E-state index contributed by atoms with van der Waals surface area (Å²) in [5.74, 6) is 2.38. The van der Waals surface area contributed by atoms with Crippen molar-refractivity contribution in [3.8, 4) is 0 Å². The Balaban J connectivity index is 2.49. The second-order valence-electron chi connectivity index (χ2n) is 3.87. The van der Waals surface area contributed by atoms with Gasteiger partial charge in [-0.3, -0.25) is 4.98 Å². The Bertz CT molecular complexity index is 264. The Morgan fingerprint density at radius 1 is 1.38 bits per heavy atom. The zero-order valence-corrected chi connectivity index (χ0v) is 11.1. The van der Waals surface area contributed by atoms with Gasteiger partial charge in [0.05, 0.1) is 0 Å². The molecule has 1 rings (SSSR count). The molecule has 0 fully saturated rings. The highest BCUT2D eigenvalue weighted by molar-refractivity contribution is 7.99. The molecule has 90 valence electrons. The van der Waals surface area contributed by atoms with Crippen LogP contribution in [0.4, 0.5) is 0 Å². The predicted octanol–water partition coefficient (Wildman–Crippen LogP) is 3.27. The van der Waals surface area contributed by atoms with Gasteiger partial charge in [0.25, 0.3) is 0 Å². The number of nitrogens with zero attached hydrogens (tertiary/aromatic N) is 1. The van der Waals surface area contributed by atoms with Crippen molar-refractivity contribution in [2.75, 3.05) is 18.1 Å². The molecule has 1 aromatic rings. The molecule has 0 amide bonds. The van der Waals surface area contributed by atoms with Crippen LogP contribution < -0.4 is 5.32 Å². The van der Waals surface area contributed by atoms with Crippen LogP contribution in [0.5, 0.6) is 0 Å². The third kappa shape index (κ3) is 4.99. The zero-order chi connectivity index (χ0) is 11.6. The summed E-state index contributed by atoms with van der Waals surface area (Å²) in [4.78, 5) is 4.19. The molecule has 0 bridgehead atoms. The van der Waals surface area contributed by atoms with Crippen LogP contribution in [0.25, 0.3) is 0 Å². The van der Waals surface area contributed by atoms with Crippen molar-refractivity contribution in [1.82, 2.24) is 10.3 Å². The van der Waals surface area contributed by atoms with E-state index < -0.39 is 0 Å². The van der Waals surface area contributed by atoms with Crippen LogP contribution in [0, 0.1) is 0 Å². The summed E-state index contributed by atoms with van der Waals surface area (Å²) < 4.78 is 0. The van der Waals surface area contributed by atoms with Crippen LogP contribution in [0.2, 0.25) is 0 Å². The normalized spacial score (nSPS) is 12.6. The maximum atomic E-state index is 4.19. The molecule has 0 aromatic carbocycles. The molecule has 2 nitrogen and oxygen atoms in total. The highest BCUT2D eigenvalue weighted by atomic mass is 32.2. The van der Waals surface area contributed by atoms with Gasteiger partial charge in [0.1, 0.15) is 0 Å². The molecule has 1 heterocycles. The van der Waals surface area contributed by atoms with E-state index in [9.17, 15) is 0 Å². The minimum atomic E-state index is 0.449. The van der Waals surface area contributed by atoms with Crippen molar-refractivity contribution < 1.29 is 0 Å². The fourth-order valence-corrected chi connectivity index (χ4v) is 2.52. The number of rotatable bonds is 8. The second-order valence-corrected chi connectivity index (χ2v) is 5.02. The third-order valence-corrected chi connectivity index (χ3v) is 3.63. The van der Waals surface area contributed by atoms with E-state index in [1.54, 1.807) is 0 Å². The summed E-state index contributed by atoms with van der Waals surface area (Å²) in [7, 11) is 0. The number of pyridine rings is 1. The van der Waals surface area contributed by atoms with Gasteiger partial charge < -0.3 is 5.32 Å².